The van der Waals surface area contributed by atoms with E-state index < -0.39 is 12.2 Å². The van der Waals surface area contributed by atoms with Gasteiger partial charge in [0.05, 0.1) is 30.2 Å². The van der Waals surface area contributed by atoms with Gasteiger partial charge in [-0.2, -0.15) is 23.4 Å². The van der Waals surface area contributed by atoms with Crippen LogP contribution >= 0.6 is 0 Å². The first-order valence-corrected chi connectivity index (χ1v) is 13.4. The van der Waals surface area contributed by atoms with Crippen molar-refractivity contribution in [1.29, 1.82) is 0 Å². The summed E-state index contributed by atoms with van der Waals surface area (Å²) >= 11 is 0. The molecular formula is C26H40F3N9O2. The fourth-order valence-corrected chi connectivity index (χ4v) is 4.77. The standard InChI is InChI=1S/C19H30F3N7O.C7H10N2O/c1-11(19(20,21)22)29(24)15(7-23)10-28-9-14(8-26-28)27-18(30)17(25-2)16(12-3-4-12)13-5-6-13;1-6(2)9-7(5-10)3-4-8-9/h7-9,11-13,16-17,25H,3-6,10,23-24H2,1-2H3,(H,27,30);3-6H,1-2H3/b15-7-;. The molecule has 2 aliphatic rings. The molecule has 0 spiro atoms. The highest BCUT2D eigenvalue weighted by Crippen LogP contribution is 2.50. The molecule has 2 heterocycles. The van der Waals surface area contributed by atoms with Crippen LogP contribution in [0, 0.1) is 17.8 Å². The maximum Gasteiger partial charge on any atom is 0.409 e. The van der Waals surface area contributed by atoms with Crippen LogP contribution in [0.2, 0.25) is 0 Å². The Bertz CT molecular complexity index is 1140. The third kappa shape index (κ3) is 8.07. The number of allylic oxidation sites excluding steroid dienone is 1. The molecule has 14 heteroatoms. The quantitative estimate of drug-likeness (QED) is 0.174. The minimum atomic E-state index is -4.49. The maximum atomic E-state index is 12.9. The van der Waals surface area contributed by atoms with E-state index in [-0.39, 0.29) is 30.2 Å². The first kappa shape index (κ1) is 31.1. The van der Waals surface area contributed by atoms with Crippen LogP contribution in [0.25, 0.3) is 0 Å². The van der Waals surface area contributed by atoms with Gasteiger partial charge in [0.2, 0.25) is 5.91 Å². The van der Waals surface area contributed by atoms with Gasteiger partial charge in [-0.25, -0.2) is 5.84 Å². The van der Waals surface area contributed by atoms with E-state index in [4.69, 9.17) is 11.6 Å². The second kappa shape index (κ2) is 13.3. The number of aldehydes is 1. The molecule has 222 valence electrons. The van der Waals surface area contributed by atoms with Crippen molar-refractivity contribution < 1.29 is 22.8 Å². The van der Waals surface area contributed by atoms with E-state index >= 15 is 0 Å². The normalized spacial score (nSPS) is 17.3. The number of hydrogen-bond donors (Lipinski definition) is 4. The smallest absolute Gasteiger partial charge is 0.403 e. The van der Waals surface area contributed by atoms with Crippen LogP contribution in [0.3, 0.4) is 0 Å². The Hall–Kier alpha value is -3.39. The van der Waals surface area contributed by atoms with Crippen LogP contribution in [-0.4, -0.2) is 62.1 Å². The SMILES string of the molecule is CC(C)n1nccc1C=O.CNC(C(=O)Nc1cnn(C/C(=C/N)N(N)C(C)C(F)(F)F)c1)C(C1CC1)C1CC1. The lowest BCUT2D eigenvalue weighted by Gasteiger charge is -2.29. The lowest BCUT2D eigenvalue weighted by molar-refractivity contribution is -0.174. The maximum absolute atomic E-state index is 12.9. The van der Waals surface area contributed by atoms with E-state index in [2.05, 4.69) is 20.8 Å². The van der Waals surface area contributed by atoms with Gasteiger partial charge in [-0.1, -0.05) is 0 Å². The van der Waals surface area contributed by atoms with Crippen molar-refractivity contribution in [3.63, 3.8) is 0 Å². The third-order valence-electron chi connectivity index (χ3n) is 7.26. The number of hydrazine groups is 1. The predicted molar refractivity (Wildman–Crippen MR) is 144 cm³/mol. The van der Waals surface area contributed by atoms with Gasteiger partial charge >= 0.3 is 6.18 Å². The molecule has 2 fully saturated rings. The van der Waals surface area contributed by atoms with Gasteiger partial charge in [0.15, 0.2) is 6.29 Å². The lowest BCUT2D eigenvalue weighted by Crippen LogP contribution is -2.48. The third-order valence-corrected chi connectivity index (χ3v) is 7.26. The van der Waals surface area contributed by atoms with Crippen LogP contribution in [0.1, 0.15) is 63.0 Å². The average Bonchev–Trinajstić information content (AvgIpc) is 3.84. The zero-order valence-corrected chi connectivity index (χ0v) is 23.3. The molecule has 2 saturated carbocycles. The zero-order valence-electron chi connectivity index (χ0n) is 23.3. The predicted octanol–water partition coefficient (Wildman–Crippen LogP) is 3.05. The Morgan fingerprint density at radius 1 is 1.20 bits per heavy atom. The zero-order chi connectivity index (χ0) is 29.6. The molecule has 11 nitrogen and oxygen atoms in total. The summed E-state index contributed by atoms with van der Waals surface area (Å²) in [5, 5.41) is 14.7. The molecule has 2 aromatic rings. The second-order valence-electron chi connectivity index (χ2n) is 10.6. The number of nitrogens with one attached hydrogen (secondary N) is 2. The molecule has 1 amide bonds. The van der Waals surface area contributed by atoms with Gasteiger partial charge < -0.3 is 16.4 Å². The molecule has 4 rings (SSSR count). The number of rotatable bonds is 12. The minimum absolute atomic E-state index is 0.0523. The Labute approximate surface area is 232 Å². The molecule has 40 heavy (non-hydrogen) atoms. The Kier molecular flexibility index (Phi) is 10.4. The summed E-state index contributed by atoms with van der Waals surface area (Å²) in [6.07, 6.45) is 6.66. The largest absolute Gasteiger partial charge is 0.409 e. The van der Waals surface area contributed by atoms with Crippen LogP contribution < -0.4 is 22.2 Å². The van der Waals surface area contributed by atoms with Crippen LogP contribution in [0.5, 0.6) is 0 Å². The van der Waals surface area contributed by atoms with E-state index in [9.17, 15) is 22.8 Å². The van der Waals surface area contributed by atoms with E-state index in [1.807, 2.05) is 13.8 Å². The molecule has 2 unspecified atom stereocenters. The number of nitrogens with zero attached hydrogens (tertiary/aromatic N) is 5. The van der Waals surface area contributed by atoms with Crippen LogP contribution in [0.4, 0.5) is 18.9 Å². The van der Waals surface area contributed by atoms with Gasteiger partial charge in [0.25, 0.3) is 0 Å². The van der Waals surface area contributed by atoms with Crippen molar-refractivity contribution in [3.8, 4) is 0 Å². The van der Waals surface area contributed by atoms with Crippen LogP contribution in [-0.2, 0) is 11.3 Å². The highest BCUT2D eigenvalue weighted by Gasteiger charge is 2.47. The molecule has 0 aromatic carbocycles. The molecular weight excluding hydrogens is 527 g/mol. The molecule has 0 bridgehead atoms. The average molecular weight is 568 g/mol. The van der Waals surface area contributed by atoms with Crippen molar-refractivity contribution in [2.75, 3.05) is 12.4 Å². The number of nitrogens with two attached hydrogens (primary N) is 2. The number of carbonyl (C=O) groups excluding carboxylic acids is 2. The molecule has 0 radical (unpaired) electrons. The monoisotopic (exact) mass is 567 g/mol. The summed E-state index contributed by atoms with van der Waals surface area (Å²) in [7, 11) is 1.79. The summed E-state index contributed by atoms with van der Waals surface area (Å²) in [5.41, 5.74) is 6.63. The molecule has 2 aromatic heterocycles. The van der Waals surface area contributed by atoms with Gasteiger partial charge in [-0.15, -0.1) is 0 Å². The van der Waals surface area contributed by atoms with Gasteiger partial charge in [0.1, 0.15) is 11.7 Å². The number of amides is 1. The number of halogens is 3. The van der Waals surface area contributed by atoms with E-state index in [1.165, 1.54) is 36.6 Å². The lowest BCUT2D eigenvalue weighted by atomic mass is 9.89. The Morgan fingerprint density at radius 3 is 2.27 bits per heavy atom. The molecule has 6 N–H and O–H groups in total. The van der Waals surface area contributed by atoms with Gasteiger partial charge in [-0.05, 0) is 77.3 Å². The Morgan fingerprint density at radius 2 is 1.82 bits per heavy atom. The first-order chi connectivity index (χ1) is 18.9. The minimum Gasteiger partial charge on any atom is -0.403 e. The van der Waals surface area contributed by atoms with Gasteiger partial charge in [0, 0.05) is 24.6 Å². The summed E-state index contributed by atoms with van der Waals surface area (Å²) in [5.74, 6) is 7.02. The number of aromatic nitrogens is 4. The van der Waals surface area contributed by atoms with Crippen molar-refractivity contribution in [3.05, 3.63) is 42.2 Å². The van der Waals surface area contributed by atoms with Crippen molar-refractivity contribution >= 4 is 17.9 Å². The summed E-state index contributed by atoms with van der Waals surface area (Å²) < 4.78 is 41.8. The molecule has 0 aliphatic heterocycles. The molecule has 0 saturated heterocycles. The number of anilines is 1. The number of hydrogen-bond acceptors (Lipinski definition) is 8. The highest BCUT2D eigenvalue weighted by atomic mass is 19.4. The summed E-state index contributed by atoms with van der Waals surface area (Å²) in [4.78, 5) is 23.2. The summed E-state index contributed by atoms with van der Waals surface area (Å²) in [6.45, 7) is 4.86. The van der Waals surface area contributed by atoms with Crippen molar-refractivity contribution in [1.82, 2.24) is 29.9 Å². The highest BCUT2D eigenvalue weighted by molar-refractivity contribution is 5.95. The number of alkyl halides is 3. The number of likely N-dealkylation sites (N-methyl/N-ethyl adjacent to an activating group) is 1. The molecule has 2 atom stereocenters. The van der Waals surface area contributed by atoms with E-state index in [0.29, 0.717) is 34.1 Å². The topological polar surface area (TPSA) is 149 Å². The summed E-state index contributed by atoms with van der Waals surface area (Å²) in [6, 6.07) is -0.220. The van der Waals surface area contributed by atoms with Crippen LogP contribution in [0.15, 0.2) is 36.6 Å². The van der Waals surface area contributed by atoms with Crippen molar-refractivity contribution in [2.45, 2.75) is 77.3 Å². The van der Waals surface area contributed by atoms with Crippen molar-refractivity contribution in [2.24, 2.45) is 29.3 Å². The Balaban J connectivity index is 0.000000371. The first-order valence-electron chi connectivity index (χ1n) is 13.4. The fourth-order valence-electron chi connectivity index (χ4n) is 4.77. The second-order valence-corrected chi connectivity index (χ2v) is 10.6. The number of carbonyl (C=O) groups is 2. The molecule has 2 aliphatic carbocycles. The fraction of sp³-hybridized carbons (Fsp3) is 0.615. The van der Waals surface area contributed by atoms with Gasteiger partial charge in [-0.3, -0.25) is 24.0 Å². The van der Waals surface area contributed by atoms with E-state index in [0.717, 1.165) is 19.4 Å². The van der Waals surface area contributed by atoms with E-state index in [1.54, 1.807) is 30.2 Å².